The van der Waals surface area contributed by atoms with E-state index in [9.17, 15) is 59.6 Å². The zero-order chi connectivity index (χ0) is 42.0. The predicted octanol–water partition coefficient (Wildman–Crippen LogP) is 6.87. The number of alkyl halides is 8. The van der Waals surface area contributed by atoms with E-state index in [1.807, 2.05) is 6.07 Å². The van der Waals surface area contributed by atoms with Crippen molar-refractivity contribution in [1.29, 1.82) is 5.26 Å². The molecule has 14 nitrogen and oxygen atoms in total. The van der Waals surface area contributed by atoms with Gasteiger partial charge < -0.3 is 18.9 Å². The Balaban J connectivity index is 1.48. The average Bonchev–Trinajstić information content (AvgIpc) is 3.55. The molecule has 0 bridgehead atoms. The Morgan fingerprint density at radius 1 is 0.946 bits per heavy atom. The van der Waals surface area contributed by atoms with Crippen molar-refractivity contribution in [3.63, 3.8) is 0 Å². The largest absolute Gasteiger partial charge is 0.510 e. The molecule has 23 heteroatoms. The highest BCUT2D eigenvalue weighted by Gasteiger charge is 2.64. The molecule has 1 aromatic carbocycles. The molecule has 0 spiro atoms. The molecule has 1 fully saturated rings. The summed E-state index contributed by atoms with van der Waals surface area (Å²) in [5.74, 6) is -9.59. The van der Waals surface area contributed by atoms with Crippen molar-refractivity contribution in [3.05, 3.63) is 52.4 Å². The molecule has 1 aliphatic carbocycles. The fourth-order valence-electron chi connectivity index (χ4n) is 5.04. The van der Waals surface area contributed by atoms with Gasteiger partial charge in [0.2, 0.25) is 0 Å². The third-order valence-corrected chi connectivity index (χ3v) is 8.14. The number of amides is 1. The molecule has 2 aromatic heterocycles. The molecule has 304 valence electrons. The van der Waals surface area contributed by atoms with Crippen molar-refractivity contribution in [3.8, 4) is 23.0 Å². The number of carbonyl (C=O) groups excluding carboxylic acids is 4. The molecular weight excluding hydrogens is 796 g/mol. The Kier molecular flexibility index (Phi) is 12.3. The lowest BCUT2D eigenvalue weighted by atomic mass is 10.0. The van der Waals surface area contributed by atoms with Gasteiger partial charge in [0, 0.05) is 18.8 Å². The van der Waals surface area contributed by atoms with Crippen LogP contribution >= 0.6 is 11.6 Å². The van der Waals surface area contributed by atoms with Gasteiger partial charge in [-0.3, -0.25) is 19.3 Å². The maximum atomic E-state index is 14.2. The van der Waals surface area contributed by atoms with Gasteiger partial charge in [-0.1, -0.05) is 17.7 Å². The van der Waals surface area contributed by atoms with Crippen LogP contribution in [0.1, 0.15) is 68.1 Å². The molecule has 0 N–H and O–H groups in total. The quantitative estimate of drug-likeness (QED) is 0.0580. The van der Waals surface area contributed by atoms with Crippen LogP contribution in [0, 0.1) is 11.3 Å². The standard InChI is InChI=1S/C33H31ClF8N6O8/c1-29(2,3)56-23(50)8-7-22(49)53-11-12-54-28(52)55-17-47(30(16-43)9-10-30)27(51)20-13-18(5-6-21(20)34)19-14-44-48(15-19)26-24(32(37,38)39)25(45-46(26)4)31(35,36)33(40,41)42/h5-6,13-15H,7-12,17H2,1-4H3. The van der Waals surface area contributed by atoms with E-state index in [0.717, 1.165) is 23.4 Å². The second-order valence-electron chi connectivity index (χ2n) is 13.2. The molecule has 1 amide bonds. The fraction of sp³-hybridized carbons (Fsp3) is 0.485. The van der Waals surface area contributed by atoms with Gasteiger partial charge in [-0.15, -0.1) is 0 Å². The number of aryl methyl sites for hydroxylation is 1. The summed E-state index contributed by atoms with van der Waals surface area (Å²) in [6.45, 7) is 3.25. The number of esters is 2. The molecule has 0 atom stereocenters. The fourth-order valence-corrected chi connectivity index (χ4v) is 5.24. The Labute approximate surface area is 316 Å². The maximum Gasteiger partial charge on any atom is 0.510 e. The monoisotopic (exact) mass is 826 g/mol. The third-order valence-electron chi connectivity index (χ3n) is 7.81. The number of benzene rings is 1. The van der Waals surface area contributed by atoms with Crippen LogP contribution in [-0.2, 0) is 47.7 Å². The lowest BCUT2D eigenvalue weighted by Gasteiger charge is -2.27. The van der Waals surface area contributed by atoms with Gasteiger partial charge in [-0.25, -0.2) is 14.2 Å². The topological polar surface area (TPSA) is 168 Å². The molecule has 3 aromatic rings. The van der Waals surface area contributed by atoms with Crippen LogP contribution in [0.3, 0.4) is 0 Å². The van der Waals surface area contributed by atoms with Gasteiger partial charge in [0.05, 0.1) is 35.7 Å². The van der Waals surface area contributed by atoms with E-state index in [1.165, 1.54) is 12.1 Å². The smallest absolute Gasteiger partial charge is 0.462 e. The maximum absolute atomic E-state index is 14.2. The van der Waals surface area contributed by atoms with Gasteiger partial charge in [0.15, 0.2) is 18.2 Å². The first-order valence-corrected chi connectivity index (χ1v) is 16.5. The summed E-state index contributed by atoms with van der Waals surface area (Å²) in [7, 11) is 0.711. The number of rotatable bonds is 13. The van der Waals surface area contributed by atoms with Crippen molar-refractivity contribution in [1.82, 2.24) is 24.5 Å². The zero-order valence-electron chi connectivity index (χ0n) is 29.7. The van der Waals surface area contributed by atoms with E-state index in [1.54, 1.807) is 20.8 Å². The summed E-state index contributed by atoms with van der Waals surface area (Å²) in [6.07, 6.45) is -11.9. The minimum atomic E-state index is -6.41. The van der Waals surface area contributed by atoms with Gasteiger partial charge >= 0.3 is 36.4 Å². The highest BCUT2D eigenvalue weighted by Crippen LogP contribution is 2.49. The Bertz CT molecular complexity index is 2030. The molecule has 2 heterocycles. The summed E-state index contributed by atoms with van der Waals surface area (Å²) in [6, 6.07) is 5.58. The lowest BCUT2D eigenvalue weighted by molar-refractivity contribution is -0.292. The van der Waals surface area contributed by atoms with E-state index in [2.05, 4.69) is 10.2 Å². The second kappa shape index (κ2) is 16.0. The summed E-state index contributed by atoms with van der Waals surface area (Å²) in [4.78, 5) is 50.6. The Morgan fingerprint density at radius 3 is 2.14 bits per heavy atom. The molecule has 0 saturated heterocycles. The Morgan fingerprint density at radius 2 is 1.57 bits per heavy atom. The number of nitrogens with zero attached hydrogens (tertiary/aromatic N) is 6. The zero-order valence-corrected chi connectivity index (χ0v) is 30.4. The lowest BCUT2D eigenvalue weighted by Crippen LogP contribution is -2.43. The van der Waals surface area contributed by atoms with Gasteiger partial charge in [0.25, 0.3) is 5.91 Å². The summed E-state index contributed by atoms with van der Waals surface area (Å²) in [5.41, 5.74) is -7.46. The number of hydrogen-bond donors (Lipinski definition) is 0. The van der Waals surface area contributed by atoms with E-state index >= 15 is 0 Å². The van der Waals surface area contributed by atoms with Gasteiger partial charge in [-0.2, -0.15) is 50.6 Å². The van der Waals surface area contributed by atoms with Crippen LogP contribution in [0.4, 0.5) is 39.9 Å². The van der Waals surface area contributed by atoms with Crippen LogP contribution in [0.5, 0.6) is 0 Å². The van der Waals surface area contributed by atoms with Crippen molar-refractivity contribution in [2.75, 3.05) is 19.9 Å². The van der Waals surface area contributed by atoms with E-state index in [0.29, 0.717) is 11.7 Å². The minimum Gasteiger partial charge on any atom is -0.462 e. The number of ether oxygens (including phenoxy) is 4. The van der Waals surface area contributed by atoms with Gasteiger partial charge in [0.1, 0.15) is 29.9 Å². The molecule has 0 unspecified atom stereocenters. The number of hydrogen-bond acceptors (Lipinski definition) is 11. The first-order valence-electron chi connectivity index (χ1n) is 16.2. The number of carbonyl (C=O) groups is 4. The molecule has 0 aliphatic heterocycles. The molecule has 56 heavy (non-hydrogen) atoms. The van der Waals surface area contributed by atoms with Crippen molar-refractivity contribution < 1.29 is 73.2 Å². The molecule has 0 radical (unpaired) electrons. The second-order valence-corrected chi connectivity index (χ2v) is 13.6. The number of nitriles is 1. The summed E-state index contributed by atoms with van der Waals surface area (Å²) >= 11 is 6.30. The summed E-state index contributed by atoms with van der Waals surface area (Å²) in [5, 5.41) is 16.2. The molecule has 1 aliphatic rings. The van der Waals surface area contributed by atoms with Crippen LogP contribution in [0.2, 0.25) is 5.02 Å². The molecule has 4 rings (SSSR count). The van der Waals surface area contributed by atoms with Crippen molar-refractivity contribution in [2.45, 2.75) is 75.9 Å². The first kappa shape index (κ1) is 43.3. The highest BCUT2D eigenvalue weighted by molar-refractivity contribution is 6.34. The number of halogens is 9. The van der Waals surface area contributed by atoms with E-state index in [4.69, 9.17) is 30.5 Å². The summed E-state index contributed by atoms with van der Waals surface area (Å²) < 4.78 is 130. The molecular formula is C33H31ClF8N6O8. The van der Waals surface area contributed by atoms with Crippen LogP contribution in [0.15, 0.2) is 30.6 Å². The van der Waals surface area contributed by atoms with Crippen LogP contribution in [-0.4, -0.2) is 85.7 Å². The number of aromatic nitrogens is 4. The van der Waals surface area contributed by atoms with E-state index < -0.39 is 90.4 Å². The van der Waals surface area contributed by atoms with Crippen molar-refractivity contribution in [2.24, 2.45) is 7.05 Å². The SMILES string of the molecule is Cn1nc(C(F)(F)C(F)(F)F)c(C(F)(F)F)c1-n1cc(-c2ccc(Cl)c(C(=O)N(COC(=O)OCCOC(=O)CCC(=O)OC(C)(C)C)C3(C#N)CC3)c2)cn1. The third kappa shape index (κ3) is 9.85. The molecule has 1 saturated carbocycles. The first-order chi connectivity index (χ1) is 25.8. The normalized spacial score (nSPS) is 14.1. The van der Waals surface area contributed by atoms with Crippen LogP contribution in [0.25, 0.3) is 16.9 Å². The minimum absolute atomic E-state index is 0.0447. The average molecular weight is 827 g/mol. The predicted molar refractivity (Wildman–Crippen MR) is 173 cm³/mol. The highest BCUT2D eigenvalue weighted by atomic mass is 35.5. The Hall–Kier alpha value is -5.46. The van der Waals surface area contributed by atoms with E-state index in [-0.39, 0.29) is 52.1 Å². The van der Waals surface area contributed by atoms with Crippen molar-refractivity contribution >= 4 is 35.6 Å². The van der Waals surface area contributed by atoms with Crippen LogP contribution < -0.4 is 0 Å². The van der Waals surface area contributed by atoms with Gasteiger partial charge in [-0.05, 0) is 51.3 Å².